The second kappa shape index (κ2) is 4.92. The van der Waals surface area contributed by atoms with Crippen molar-refractivity contribution in [2.75, 3.05) is 13.7 Å². The Hall–Kier alpha value is -0.650. The van der Waals surface area contributed by atoms with Crippen molar-refractivity contribution >= 4 is 33.4 Å². The first-order valence-corrected chi connectivity index (χ1v) is 6.36. The summed E-state index contributed by atoms with van der Waals surface area (Å²) < 4.78 is 5.71. The van der Waals surface area contributed by atoms with Crippen molar-refractivity contribution in [2.45, 2.75) is 19.5 Å². The molecule has 0 unspecified atom stereocenters. The standard InChI is InChI=1S/C11H12BrClN2O2/c1-6(5-17-2)15-4-9-7(11(15)16)3-8(12)10(13)14-9/h3,6H,4-5H2,1-2H3/t6-/m1/s1. The van der Waals surface area contributed by atoms with Crippen molar-refractivity contribution < 1.29 is 9.53 Å². The fourth-order valence-electron chi connectivity index (χ4n) is 1.88. The van der Waals surface area contributed by atoms with Crippen LogP contribution in [-0.2, 0) is 11.3 Å². The van der Waals surface area contributed by atoms with Gasteiger partial charge in [-0.2, -0.15) is 0 Å². The summed E-state index contributed by atoms with van der Waals surface area (Å²) in [6.07, 6.45) is 0. The average Bonchev–Trinajstić information content (AvgIpc) is 2.58. The average molecular weight is 320 g/mol. The van der Waals surface area contributed by atoms with E-state index < -0.39 is 0 Å². The number of amides is 1. The maximum absolute atomic E-state index is 12.1. The van der Waals surface area contributed by atoms with Gasteiger partial charge in [-0.15, -0.1) is 0 Å². The van der Waals surface area contributed by atoms with Crippen LogP contribution in [0.15, 0.2) is 10.5 Å². The number of rotatable bonds is 3. The Bertz CT molecular complexity index is 467. The molecule has 0 bridgehead atoms. The van der Waals surface area contributed by atoms with Crippen LogP contribution in [0, 0.1) is 0 Å². The lowest BCUT2D eigenvalue weighted by Crippen LogP contribution is -2.36. The van der Waals surface area contributed by atoms with E-state index in [2.05, 4.69) is 20.9 Å². The molecule has 0 N–H and O–H groups in total. The summed E-state index contributed by atoms with van der Waals surface area (Å²) in [5, 5.41) is 0.387. The Morgan fingerprint density at radius 2 is 2.41 bits per heavy atom. The number of hydrogen-bond donors (Lipinski definition) is 0. The zero-order chi connectivity index (χ0) is 12.6. The van der Waals surface area contributed by atoms with Gasteiger partial charge in [0, 0.05) is 7.11 Å². The highest BCUT2D eigenvalue weighted by Crippen LogP contribution is 2.29. The first-order valence-electron chi connectivity index (χ1n) is 5.19. The fourth-order valence-corrected chi connectivity index (χ4v) is 2.36. The minimum atomic E-state index is -0.0191. The molecule has 92 valence electrons. The van der Waals surface area contributed by atoms with Crippen molar-refractivity contribution in [3.8, 4) is 0 Å². The Morgan fingerprint density at radius 3 is 3.06 bits per heavy atom. The third-order valence-electron chi connectivity index (χ3n) is 2.76. The van der Waals surface area contributed by atoms with Crippen LogP contribution in [0.5, 0.6) is 0 Å². The molecule has 0 spiro atoms. The zero-order valence-electron chi connectivity index (χ0n) is 9.54. The van der Waals surface area contributed by atoms with Gasteiger partial charge in [-0.3, -0.25) is 4.79 Å². The third-order valence-corrected chi connectivity index (χ3v) is 3.88. The van der Waals surface area contributed by atoms with E-state index in [0.717, 1.165) is 5.69 Å². The van der Waals surface area contributed by atoms with E-state index in [1.165, 1.54) is 0 Å². The Morgan fingerprint density at radius 1 is 1.71 bits per heavy atom. The monoisotopic (exact) mass is 318 g/mol. The van der Waals surface area contributed by atoms with Gasteiger partial charge in [0.05, 0.1) is 34.9 Å². The molecule has 0 saturated carbocycles. The number of carbonyl (C=O) groups is 1. The lowest BCUT2D eigenvalue weighted by Gasteiger charge is -2.22. The van der Waals surface area contributed by atoms with Crippen molar-refractivity contribution in [2.24, 2.45) is 0 Å². The minimum Gasteiger partial charge on any atom is -0.383 e. The van der Waals surface area contributed by atoms with Crippen molar-refractivity contribution in [1.82, 2.24) is 9.88 Å². The first-order chi connectivity index (χ1) is 8.04. The van der Waals surface area contributed by atoms with Crippen LogP contribution in [0.2, 0.25) is 5.15 Å². The highest BCUT2D eigenvalue weighted by Gasteiger charge is 2.32. The summed E-state index contributed by atoms with van der Waals surface area (Å²) in [5.41, 5.74) is 1.34. The van der Waals surface area contributed by atoms with Gasteiger partial charge in [0.15, 0.2) is 0 Å². The summed E-state index contributed by atoms with van der Waals surface area (Å²) in [7, 11) is 1.62. The van der Waals surface area contributed by atoms with E-state index in [0.29, 0.717) is 28.3 Å². The molecular weight excluding hydrogens is 307 g/mol. The molecule has 1 aliphatic heterocycles. The molecule has 0 fully saturated rings. The predicted octanol–water partition coefficient (Wildman–Crippen LogP) is 2.49. The van der Waals surface area contributed by atoms with Crippen LogP contribution in [0.25, 0.3) is 0 Å². The van der Waals surface area contributed by atoms with Crippen molar-refractivity contribution in [1.29, 1.82) is 0 Å². The number of methoxy groups -OCH3 is 1. The highest BCUT2D eigenvalue weighted by molar-refractivity contribution is 9.10. The molecule has 1 aliphatic rings. The topological polar surface area (TPSA) is 42.4 Å². The first kappa shape index (κ1) is 12.8. The number of hydrogen-bond acceptors (Lipinski definition) is 3. The van der Waals surface area contributed by atoms with Gasteiger partial charge in [-0.1, -0.05) is 11.6 Å². The lowest BCUT2D eigenvalue weighted by molar-refractivity contribution is 0.0587. The summed E-state index contributed by atoms with van der Waals surface area (Å²) >= 11 is 9.19. The number of carbonyl (C=O) groups excluding carboxylic acids is 1. The van der Waals surface area contributed by atoms with Crippen LogP contribution in [-0.4, -0.2) is 35.5 Å². The Labute approximate surface area is 113 Å². The maximum Gasteiger partial charge on any atom is 0.256 e. The molecule has 1 aromatic heterocycles. The van der Waals surface area contributed by atoms with Gasteiger partial charge >= 0.3 is 0 Å². The Kier molecular flexibility index (Phi) is 3.70. The van der Waals surface area contributed by atoms with E-state index in [1.54, 1.807) is 18.1 Å². The minimum absolute atomic E-state index is 0.0191. The number of aromatic nitrogens is 1. The molecule has 2 rings (SSSR count). The largest absolute Gasteiger partial charge is 0.383 e. The molecule has 0 radical (unpaired) electrons. The van der Waals surface area contributed by atoms with Gasteiger partial charge < -0.3 is 9.64 Å². The lowest BCUT2D eigenvalue weighted by atomic mass is 10.2. The number of pyridine rings is 1. The maximum atomic E-state index is 12.1. The van der Waals surface area contributed by atoms with E-state index in [4.69, 9.17) is 16.3 Å². The van der Waals surface area contributed by atoms with Gasteiger partial charge in [0.1, 0.15) is 5.15 Å². The van der Waals surface area contributed by atoms with Crippen molar-refractivity contribution in [3.05, 3.63) is 26.9 Å². The second-order valence-electron chi connectivity index (χ2n) is 3.99. The van der Waals surface area contributed by atoms with Crippen LogP contribution in [0.4, 0.5) is 0 Å². The predicted molar refractivity (Wildman–Crippen MR) is 68.2 cm³/mol. The van der Waals surface area contributed by atoms with Crippen LogP contribution < -0.4 is 0 Å². The Balaban J connectivity index is 2.29. The van der Waals surface area contributed by atoms with Crippen LogP contribution in [0.3, 0.4) is 0 Å². The molecule has 1 amide bonds. The molecule has 4 nitrogen and oxygen atoms in total. The fraction of sp³-hybridized carbons (Fsp3) is 0.455. The third kappa shape index (κ3) is 2.32. The number of nitrogens with zero attached hydrogens (tertiary/aromatic N) is 2. The molecule has 0 aromatic carbocycles. The van der Waals surface area contributed by atoms with Crippen LogP contribution >= 0.6 is 27.5 Å². The van der Waals surface area contributed by atoms with E-state index in [9.17, 15) is 4.79 Å². The van der Waals surface area contributed by atoms with Crippen molar-refractivity contribution in [3.63, 3.8) is 0 Å². The van der Waals surface area contributed by atoms with Crippen LogP contribution in [0.1, 0.15) is 23.0 Å². The van der Waals surface area contributed by atoms with Gasteiger partial charge in [-0.05, 0) is 28.9 Å². The second-order valence-corrected chi connectivity index (χ2v) is 5.21. The quantitative estimate of drug-likeness (QED) is 0.804. The number of ether oxygens (including phenoxy) is 1. The van der Waals surface area contributed by atoms with Gasteiger partial charge in [-0.25, -0.2) is 4.98 Å². The molecule has 0 saturated heterocycles. The van der Waals surface area contributed by atoms with E-state index in [1.807, 2.05) is 6.92 Å². The highest BCUT2D eigenvalue weighted by atomic mass is 79.9. The summed E-state index contributed by atoms with van der Waals surface area (Å²) in [5.74, 6) is -0.0191. The van der Waals surface area contributed by atoms with Gasteiger partial charge in [0.25, 0.3) is 5.91 Å². The van der Waals surface area contributed by atoms with E-state index >= 15 is 0 Å². The molecular formula is C11H12BrClN2O2. The molecule has 2 heterocycles. The number of fused-ring (bicyclic) bond motifs is 1. The molecule has 6 heteroatoms. The molecule has 1 atom stereocenters. The molecule has 17 heavy (non-hydrogen) atoms. The smallest absolute Gasteiger partial charge is 0.256 e. The molecule has 1 aromatic rings. The summed E-state index contributed by atoms with van der Waals surface area (Å²) in [6, 6.07) is 1.76. The normalized spacial score (nSPS) is 16.2. The molecule has 0 aliphatic carbocycles. The van der Waals surface area contributed by atoms with Gasteiger partial charge in [0.2, 0.25) is 0 Å². The number of halogens is 2. The zero-order valence-corrected chi connectivity index (χ0v) is 11.9. The SMILES string of the molecule is COC[C@@H](C)N1Cc2nc(Cl)c(Br)cc2C1=O. The summed E-state index contributed by atoms with van der Waals surface area (Å²) in [4.78, 5) is 18.1. The summed E-state index contributed by atoms with van der Waals surface area (Å²) in [6.45, 7) is 2.95. The van der Waals surface area contributed by atoms with E-state index in [-0.39, 0.29) is 11.9 Å².